The first-order valence-electron chi connectivity index (χ1n) is 18.2. The van der Waals surface area contributed by atoms with E-state index in [9.17, 15) is 28.7 Å². The molecule has 3 heterocycles. The zero-order chi connectivity index (χ0) is 43.2. The highest BCUT2D eigenvalue weighted by Crippen LogP contribution is 2.41. The number of carbonyl (C=O) groups excluding carboxylic acids is 4. The molecule has 0 bridgehead atoms. The number of nitrogens with zero attached hydrogens (tertiary/aromatic N) is 7. The molecule has 3 aromatic heterocycles. The summed E-state index contributed by atoms with van der Waals surface area (Å²) in [5.41, 5.74) is 4.12. The fraction of sp³-hybridized carbons (Fsp3) is 0.350. The Bertz CT molecular complexity index is 2320. The van der Waals surface area contributed by atoms with Crippen LogP contribution >= 0.6 is 11.3 Å². The van der Waals surface area contributed by atoms with Gasteiger partial charge < -0.3 is 30.0 Å². The predicted octanol–water partition coefficient (Wildman–Crippen LogP) is 5.46. The summed E-state index contributed by atoms with van der Waals surface area (Å²) >= 11 is 1.21. The normalized spacial score (nSPS) is 13.5. The predicted molar refractivity (Wildman–Crippen MR) is 210 cm³/mol. The van der Waals surface area contributed by atoms with E-state index in [2.05, 4.69) is 15.1 Å². The number of aliphatic hydroxyl groups is 1. The summed E-state index contributed by atoms with van der Waals surface area (Å²) in [5.74, 6) is -3.66. The number of hydrogen-bond donors (Lipinski definition) is 2. The first-order valence-corrected chi connectivity index (χ1v) is 19.1. The number of carbonyl (C=O) groups is 4. The third-order valence-corrected chi connectivity index (χ3v) is 10.1. The number of rotatable bonds is 14. The lowest BCUT2D eigenvalue weighted by Crippen LogP contribution is -2.42. The second-order valence-corrected chi connectivity index (χ2v) is 15.6. The molecule has 312 valence electrons. The Balaban J connectivity index is 1.28. The fourth-order valence-electron chi connectivity index (χ4n) is 5.79. The van der Waals surface area contributed by atoms with E-state index in [0.29, 0.717) is 27.4 Å². The molecular weight excluding hydrogens is 791 g/mol. The number of halogens is 2. The topological polar surface area (TPSA) is 196 Å². The van der Waals surface area contributed by atoms with Crippen molar-refractivity contribution in [2.24, 2.45) is 5.73 Å². The van der Waals surface area contributed by atoms with E-state index in [4.69, 9.17) is 19.9 Å². The molecule has 0 aliphatic rings. The van der Waals surface area contributed by atoms with E-state index in [0.717, 1.165) is 28.0 Å². The minimum Gasteiger partial charge on any atom is -0.459 e. The van der Waals surface area contributed by atoms with Crippen LogP contribution in [0.1, 0.15) is 73.3 Å². The van der Waals surface area contributed by atoms with E-state index in [1.54, 1.807) is 76.4 Å². The van der Waals surface area contributed by atoms with Gasteiger partial charge in [0.1, 0.15) is 48.4 Å². The molecule has 2 aromatic carbocycles. The molecule has 5 rings (SSSR count). The van der Waals surface area contributed by atoms with Crippen molar-refractivity contribution in [1.82, 2.24) is 24.6 Å². The van der Waals surface area contributed by atoms with Gasteiger partial charge in [0.25, 0.3) is 6.33 Å². The highest BCUT2D eigenvalue weighted by molar-refractivity contribution is 7.10. The lowest BCUT2D eigenvalue weighted by atomic mass is 9.82. The third-order valence-electron chi connectivity index (χ3n) is 9.08. The Morgan fingerprint density at radius 2 is 1.75 bits per heavy atom. The number of thiazole rings is 1. The maximum atomic E-state index is 15.4. The van der Waals surface area contributed by atoms with Crippen molar-refractivity contribution in [2.45, 2.75) is 71.1 Å². The number of hydrogen-bond acceptors (Lipinski definition) is 12. The van der Waals surface area contributed by atoms with Gasteiger partial charge in [-0.1, -0.05) is 25.1 Å². The van der Waals surface area contributed by atoms with E-state index in [-0.39, 0.29) is 31.1 Å². The molecule has 0 spiro atoms. The third kappa shape index (κ3) is 10.8. The average Bonchev–Trinajstić information content (AvgIpc) is 3.87. The molecule has 0 saturated heterocycles. The van der Waals surface area contributed by atoms with Crippen LogP contribution in [0.4, 0.5) is 24.2 Å². The number of anilines is 1. The standard InChI is InChI=1S/C40H44F2N8O8S/c1-24(36-46-32(20-59-36)26-10-12-27(13-11-26)34(43)52)40(55,30-17-29(41)14-15-31(30)42)21-50-23-49(22-45-50)25(2)57-38(54)48(7)35-28(9-8-16-44-35)19-56-33(51)18-47(6)37(53)58-39(3,4)5/h8-17,20,22-25,55H,18-19,21H2,1-7H3,(H-,43,52)/p+1/t24-,25?,40?/m0/s1. The van der Waals surface area contributed by atoms with Crippen molar-refractivity contribution in [2.75, 3.05) is 25.5 Å². The molecule has 3 N–H and O–H groups in total. The van der Waals surface area contributed by atoms with Gasteiger partial charge in [-0.3, -0.25) is 14.5 Å². The lowest BCUT2D eigenvalue weighted by molar-refractivity contribution is -0.753. The summed E-state index contributed by atoms with van der Waals surface area (Å²) < 4.78 is 49.0. The van der Waals surface area contributed by atoms with Gasteiger partial charge in [-0.05, 0) is 57.2 Å². The summed E-state index contributed by atoms with van der Waals surface area (Å²) in [6.45, 7) is 7.30. The number of amides is 3. The molecule has 3 amide bonds. The zero-order valence-corrected chi connectivity index (χ0v) is 34.3. The van der Waals surface area contributed by atoms with Crippen LogP contribution < -0.4 is 15.2 Å². The van der Waals surface area contributed by atoms with Crippen molar-refractivity contribution in [1.29, 1.82) is 0 Å². The number of pyridine rings is 1. The van der Waals surface area contributed by atoms with Gasteiger partial charge in [0.15, 0.2) is 0 Å². The van der Waals surface area contributed by atoms with Crippen LogP contribution in [0.2, 0.25) is 0 Å². The first kappa shape index (κ1) is 43.8. The highest BCUT2D eigenvalue weighted by atomic mass is 32.1. The average molecular weight is 836 g/mol. The summed E-state index contributed by atoms with van der Waals surface area (Å²) in [5, 5.41) is 18.8. The number of aromatic nitrogens is 5. The second-order valence-electron chi connectivity index (χ2n) is 14.7. The number of ether oxygens (including phenoxy) is 3. The van der Waals surface area contributed by atoms with Crippen molar-refractivity contribution in [3.05, 3.63) is 112 Å². The Morgan fingerprint density at radius 3 is 2.42 bits per heavy atom. The minimum atomic E-state index is -2.09. The van der Waals surface area contributed by atoms with E-state index in [1.165, 1.54) is 53.5 Å². The molecule has 0 saturated carbocycles. The van der Waals surface area contributed by atoms with E-state index < -0.39 is 59.0 Å². The van der Waals surface area contributed by atoms with Crippen LogP contribution in [0, 0.1) is 11.6 Å². The quantitative estimate of drug-likeness (QED) is 0.0819. The molecule has 5 aromatic rings. The molecule has 16 nitrogen and oxygen atoms in total. The van der Waals surface area contributed by atoms with Crippen molar-refractivity contribution >= 4 is 41.2 Å². The molecule has 3 atom stereocenters. The Labute approximate surface area is 342 Å². The summed E-state index contributed by atoms with van der Waals surface area (Å²) in [4.78, 5) is 60.8. The van der Waals surface area contributed by atoms with Gasteiger partial charge in [-0.25, -0.2) is 28.3 Å². The Hall–Kier alpha value is -6.34. The fourth-order valence-corrected chi connectivity index (χ4v) is 6.76. The van der Waals surface area contributed by atoms with Crippen molar-refractivity contribution < 1.29 is 51.8 Å². The van der Waals surface area contributed by atoms with Crippen molar-refractivity contribution in [3.8, 4) is 11.3 Å². The Morgan fingerprint density at radius 1 is 1.03 bits per heavy atom. The van der Waals surface area contributed by atoms with Gasteiger partial charge in [-0.2, -0.15) is 4.57 Å². The number of likely N-dealkylation sites (N-methyl/N-ethyl adjacent to an activating group) is 1. The summed E-state index contributed by atoms with van der Waals surface area (Å²) in [7, 11) is 2.82. The molecule has 0 aliphatic carbocycles. The van der Waals surface area contributed by atoms with Gasteiger partial charge in [0.2, 0.25) is 18.5 Å². The number of nitrogens with two attached hydrogens (primary N) is 1. The maximum absolute atomic E-state index is 15.4. The van der Waals surface area contributed by atoms with E-state index >= 15 is 4.39 Å². The van der Waals surface area contributed by atoms with Gasteiger partial charge in [0.05, 0.1) is 10.7 Å². The molecule has 0 radical (unpaired) electrons. The van der Waals surface area contributed by atoms with E-state index in [1.807, 2.05) is 0 Å². The molecule has 0 aliphatic heterocycles. The minimum absolute atomic E-state index is 0.142. The van der Waals surface area contributed by atoms with Gasteiger partial charge in [0, 0.05) is 65.9 Å². The summed E-state index contributed by atoms with van der Waals surface area (Å²) in [6.07, 6.45) is 1.72. The molecule has 59 heavy (non-hydrogen) atoms. The van der Waals surface area contributed by atoms with Crippen LogP contribution in [-0.2, 0) is 37.8 Å². The first-order chi connectivity index (χ1) is 27.7. The van der Waals surface area contributed by atoms with Crippen LogP contribution in [0.3, 0.4) is 0 Å². The molecule has 2 unspecified atom stereocenters. The highest BCUT2D eigenvalue weighted by Gasteiger charge is 2.43. The molecular formula is C40H45F2N8O8S+. The van der Waals surface area contributed by atoms with Crippen LogP contribution in [0.25, 0.3) is 11.3 Å². The van der Waals surface area contributed by atoms with Crippen LogP contribution in [0.15, 0.2) is 78.8 Å². The molecule has 19 heteroatoms. The lowest BCUT2D eigenvalue weighted by Gasteiger charge is -2.32. The van der Waals surface area contributed by atoms with Gasteiger partial charge in [-0.15, -0.1) is 16.0 Å². The van der Waals surface area contributed by atoms with Crippen LogP contribution in [-0.4, -0.2) is 80.1 Å². The number of benzene rings is 2. The largest absolute Gasteiger partial charge is 0.459 e. The smallest absolute Gasteiger partial charge is 0.418 e. The summed E-state index contributed by atoms with van der Waals surface area (Å²) in [6, 6.07) is 12.5. The number of primary amides is 1. The van der Waals surface area contributed by atoms with Crippen LogP contribution in [0.5, 0.6) is 0 Å². The number of esters is 1. The monoisotopic (exact) mass is 835 g/mol. The maximum Gasteiger partial charge on any atom is 0.418 e. The van der Waals surface area contributed by atoms with Crippen molar-refractivity contribution in [3.63, 3.8) is 0 Å². The van der Waals surface area contributed by atoms with Gasteiger partial charge >= 0.3 is 18.2 Å². The SMILES string of the molecule is CC(OC(=O)N(C)c1ncccc1COC(=O)CN(C)C(=O)OC(C)(C)C)[n+]1cnn(CC(O)(c2cc(F)ccc2F)[C@@H](C)c2nc(-c3ccc(C(N)=O)cc3)cs2)c1. The molecule has 0 fully saturated rings. The second kappa shape index (κ2) is 18.1. The zero-order valence-electron chi connectivity index (χ0n) is 33.5. The Kier molecular flexibility index (Phi) is 13.4.